The number of anilines is 1. The van der Waals surface area contributed by atoms with Gasteiger partial charge in [-0.15, -0.1) is 0 Å². The molecule has 1 saturated heterocycles. The fourth-order valence-corrected chi connectivity index (χ4v) is 3.15. The number of nitrogens with zero attached hydrogens (tertiary/aromatic N) is 2. The third-order valence-corrected chi connectivity index (χ3v) is 4.67. The van der Waals surface area contributed by atoms with E-state index in [0.717, 1.165) is 29.6 Å². The summed E-state index contributed by atoms with van der Waals surface area (Å²) in [7, 11) is 0. The normalized spacial score (nSPS) is 16.2. The molecule has 1 atom stereocenters. The first-order valence-electron chi connectivity index (χ1n) is 8.19. The minimum atomic E-state index is 0.0216. The van der Waals surface area contributed by atoms with Gasteiger partial charge in [-0.25, -0.2) is 0 Å². The van der Waals surface area contributed by atoms with E-state index in [-0.39, 0.29) is 11.9 Å². The lowest BCUT2D eigenvalue weighted by atomic mass is 10.2. The van der Waals surface area contributed by atoms with Gasteiger partial charge >= 0.3 is 0 Å². The average molecular weight is 348 g/mol. The van der Waals surface area contributed by atoms with Gasteiger partial charge in [-0.3, -0.25) is 10.1 Å². The Morgan fingerprint density at radius 3 is 2.62 bits per heavy atom. The number of rotatable bonds is 5. The zero-order chi connectivity index (χ0) is 16.9. The number of carbonyl (C=O) groups excluding carboxylic acids is 1. The van der Waals surface area contributed by atoms with Crippen molar-refractivity contribution in [3.8, 4) is 0 Å². The number of carbonyl (C=O) groups is 1. The van der Waals surface area contributed by atoms with E-state index < -0.39 is 0 Å². The van der Waals surface area contributed by atoms with Gasteiger partial charge in [-0.2, -0.15) is 0 Å². The third-order valence-electron chi connectivity index (χ3n) is 4.35. The fourth-order valence-electron chi connectivity index (χ4n) is 2.90. The molecule has 0 saturated carbocycles. The zero-order valence-electron chi connectivity index (χ0n) is 13.7. The molecule has 1 aliphatic rings. The van der Waals surface area contributed by atoms with E-state index in [4.69, 9.17) is 16.0 Å². The Kier molecular flexibility index (Phi) is 5.43. The summed E-state index contributed by atoms with van der Waals surface area (Å²) >= 11 is 6.25. The highest BCUT2D eigenvalue weighted by Crippen LogP contribution is 2.26. The van der Waals surface area contributed by atoms with Gasteiger partial charge in [0.25, 0.3) is 0 Å². The Morgan fingerprint density at radius 1 is 1.21 bits per heavy atom. The molecular formula is C18H22ClN3O2. The standard InChI is InChI=1S/C18H22ClN3O2/c1-14(17-7-4-12-24-17)20-13-18(23)22-10-8-21(9-11-22)16-6-3-2-5-15(16)19/h2-7,12,14,20H,8-11,13H2,1H3/t14-/m1/s1. The number of hydrogen-bond donors (Lipinski definition) is 1. The third kappa shape index (κ3) is 3.91. The predicted molar refractivity (Wildman–Crippen MR) is 95.4 cm³/mol. The molecule has 2 heterocycles. The predicted octanol–water partition coefficient (Wildman–Crippen LogP) is 2.93. The summed E-state index contributed by atoms with van der Waals surface area (Å²) in [6.07, 6.45) is 1.64. The van der Waals surface area contributed by atoms with Gasteiger partial charge in [0.15, 0.2) is 0 Å². The van der Waals surface area contributed by atoms with Crippen molar-refractivity contribution in [2.45, 2.75) is 13.0 Å². The lowest BCUT2D eigenvalue weighted by molar-refractivity contribution is -0.130. The van der Waals surface area contributed by atoms with Gasteiger partial charge < -0.3 is 14.2 Å². The Hall–Kier alpha value is -1.98. The largest absolute Gasteiger partial charge is 0.468 e. The molecule has 1 aromatic heterocycles. The molecule has 1 aromatic carbocycles. The van der Waals surface area contributed by atoms with Crippen LogP contribution in [0.25, 0.3) is 0 Å². The van der Waals surface area contributed by atoms with Crippen LogP contribution in [0.5, 0.6) is 0 Å². The van der Waals surface area contributed by atoms with Crippen LogP contribution >= 0.6 is 11.6 Å². The van der Waals surface area contributed by atoms with E-state index in [0.29, 0.717) is 19.6 Å². The minimum Gasteiger partial charge on any atom is -0.468 e. The van der Waals surface area contributed by atoms with Gasteiger partial charge in [-0.1, -0.05) is 23.7 Å². The molecule has 5 nitrogen and oxygen atoms in total. The molecule has 128 valence electrons. The number of amides is 1. The van der Waals surface area contributed by atoms with Crippen LogP contribution < -0.4 is 10.2 Å². The van der Waals surface area contributed by atoms with Crippen molar-refractivity contribution in [1.82, 2.24) is 10.2 Å². The number of benzene rings is 1. The van der Waals surface area contributed by atoms with Crippen LogP contribution in [-0.2, 0) is 4.79 Å². The summed E-state index contributed by atoms with van der Waals surface area (Å²) in [6.45, 7) is 5.31. The smallest absolute Gasteiger partial charge is 0.236 e. The number of nitrogens with one attached hydrogen (secondary N) is 1. The molecule has 1 N–H and O–H groups in total. The maximum atomic E-state index is 12.4. The molecule has 1 fully saturated rings. The van der Waals surface area contributed by atoms with Crippen molar-refractivity contribution in [3.63, 3.8) is 0 Å². The van der Waals surface area contributed by atoms with Crippen LogP contribution in [-0.4, -0.2) is 43.5 Å². The molecule has 24 heavy (non-hydrogen) atoms. The first kappa shape index (κ1) is 16.9. The monoisotopic (exact) mass is 347 g/mol. The van der Waals surface area contributed by atoms with Crippen molar-refractivity contribution in [3.05, 3.63) is 53.4 Å². The number of piperazine rings is 1. The van der Waals surface area contributed by atoms with Crippen LogP contribution in [0, 0.1) is 0 Å². The average Bonchev–Trinajstić information content (AvgIpc) is 3.15. The summed E-state index contributed by atoms with van der Waals surface area (Å²) in [6, 6.07) is 11.6. The van der Waals surface area contributed by atoms with Crippen LogP contribution in [0.3, 0.4) is 0 Å². The highest BCUT2D eigenvalue weighted by atomic mass is 35.5. The summed E-state index contributed by atoms with van der Waals surface area (Å²) in [5, 5.41) is 3.97. The van der Waals surface area contributed by atoms with Gasteiger partial charge in [0.1, 0.15) is 5.76 Å². The fraction of sp³-hybridized carbons (Fsp3) is 0.389. The SMILES string of the molecule is C[C@@H](NCC(=O)N1CCN(c2ccccc2Cl)CC1)c1ccco1. The van der Waals surface area contributed by atoms with Gasteiger partial charge in [0.2, 0.25) is 5.91 Å². The molecule has 0 radical (unpaired) electrons. The number of para-hydroxylation sites is 1. The van der Waals surface area contributed by atoms with E-state index in [1.807, 2.05) is 48.2 Å². The van der Waals surface area contributed by atoms with E-state index in [9.17, 15) is 4.79 Å². The number of furan rings is 1. The maximum Gasteiger partial charge on any atom is 0.236 e. The lowest BCUT2D eigenvalue weighted by Crippen LogP contribution is -2.51. The highest BCUT2D eigenvalue weighted by Gasteiger charge is 2.22. The Morgan fingerprint density at radius 2 is 1.96 bits per heavy atom. The van der Waals surface area contributed by atoms with Crippen molar-refractivity contribution in [2.75, 3.05) is 37.6 Å². The summed E-state index contributed by atoms with van der Waals surface area (Å²) in [4.78, 5) is 16.5. The molecule has 1 aliphatic heterocycles. The van der Waals surface area contributed by atoms with E-state index in [2.05, 4.69) is 10.2 Å². The van der Waals surface area contributed by atoms with Gasteiger partial charge in [-0.05, 0) is 31.2 Å². The van der Waals surface area contributed by atoms with Gasteiger partial charge in [0.05, 0.1) is 29.6 Å². The molecule has 3 rings (SSSR count). The second-order valence-corrected chi connectivity index (χ2v) is 6.34. The molecular weight excluding hydrogens is 326 g/mol. The second kappa shape index (κ2) is 7.73. The molecule has 0 spiro atoms. The first-order valence-corrected chi connectivity index (χ1v) is 8.57. The summed E-state index contributed by atoms with van der Waals surface area (Å²) < 4.78 is 5.34. The van der Waals surface area contributed by atoms with Crippen LogP contribution in [0.2, 0.25) is 5.02 Å². The molecule has 2 aromatic rings. The second-order valence-electron chi connectivity index (χ2n) is 5.94. The minimum absolute atomic E-state index is 0.0216. The van der Waals surface area contributed by atoms with Crippen LogP contribution in [0.4, 0.5) is 5.69 Å². The topological polar surface area (TPSA) is 48.7 Å². The number of halogens is 1. The molecule has 0 bridgehead atoms. The highest BCUT2D eigenvalue weighted by molar-refractivity contribution is 6.33. The van der Waals surface area contributed by atoms with Crippen LogP contribution in [0.1, 0.15) is 18.7 Å². The quantitative estimate of drug-likeness (QED) is 0.903. The Labute approximate surface area is 147 Å². The molecule has 0 aliphatic carbocycles. The zero-order valence-corrected chi connectivity index (χ0v) is 14.5. The summed E-state index contributed by atoms with van der Waals surface area (Å²) in [5.41, 5.74) is 1.04. The molecule has 1 amide bonds. The van der Waals surface area contributed by atoms with E-state index in [1.165, 1.54) is 0 Å². The lowest BCUT2D eigenvalue weighted by Gasteiger charge is -2.36. The van der Waals surface area contributed by atoms with E-state index in [1.54, 1.807) is 6.26 Å². The number of hydrogen-bond acceptors (Lipinski definition) is 4. The molecule has 6 heteroatoms. The van der Waals surface area contributed by atoms with Crippen molar-refractivity contribution < 1.29 is 9.21 Å². The Bertz CT molecular complexity index is 667. The van der Waals surface area contributed by atoms with Crippen LogP contribution in [0.15, 0.2) is 47.1 Å². The van der Waals surface area contributed by atoms with Gasteiger partial charge in [0, 0.05) is 26.2 Å². The first-order chi connectivity index (χ1) is 11.6. The van der Waals surface area contributed by atoms with Crippen molar-refractivity contribution in [1.29, 1.82) is 0 Å². The van der Waals surface area contributed by atoms with E-state index >= 15 is 0 Å². The maximum absolute atomic E-state index is 12.4. The van der Waals surface area contributed by atoms with Crippen molar-refractivity contribution in [2.24, 2.45) is 0 Å². The summed E-state index contributed by atoms with van der Waals surface area (Å²) in [5.74, 6) is 0.957. The Balaban J connectivity index is 1.48. The van der Waals surface area contributed by atoms with Crippen molar-refractivity contribution >= 4 is 23.2 Å². The molecule has 0 unspecified atom stereocenters.